The summed E-state index contributed by atoms with van der Waals surface area (Å²) in [5.41, 5.74) is 0.949. The van der Waals surface area contributed by atoms with Gasteiger partial charge in [-0.25, -0.2) is 4.98 Å². The van der Waals surface area contributed by atoms with E-state index in [0.717, 1.165) is 31.3 Å². The number of hydrogen-bond acceptors (Lipinski definition) is 5. The predicted molar refractivity (Wildman–Crippen MR) is 67.6 cm³/mol. The molecule has 0 unspecified atom stereocenters. The van der Waals surface area contributed by atoms with Crippen LogP contribution in [0.15, 0.2) is 6.07 Å². The molecule has 0 aliphatic carbocycles. The van der Waals surface area contributed by atoms with Gasteiger partial charge in [0, 0.05) is 37.4 Å². The minimum atomic E-state index is 0.475. The molecule has 0 radical (unpaired) electrons. The number of anilines is 1. The summed E-state index contributed by atoms with van der Waals surface area (Å²) in [5, 5.41) is 3.41. The smallest absolute Gasteiger partial charge is 0.228 e. The standard InChI is InChI=1S/C12H20N4O/c1-4-17-11-7-9(2)14-12(15-11)16-6-5-13-10(3)8-16/h7,10,13H,4-6,8H2,1-3H3/t10-/m0/s1. The Morgan fingerprint density at radius 3 is 3.06 bits per heavy atom. The van der Waals surface area contributed by atoms with Crippen molar-refractivity contribution in [3.8, 4) is 5.88 Å². The molecular weight excluding hydrogens is 216 g/mol. The van der Waals surface area contributed by atoms with Crippen molar-refractivity contribution in [3.05, 3.63) is 11.8 Å². The normalized spacial score (nSPS) is 20.4. The molecule has 1 saturated heterocycles. The summed E-state index contributed by atoms with van der Waals surface area (Å²) < 4.78 is 5.45. The molecule has 0 bridgehead atoms. The molecule has 2 rings (SSSR count). The first-order chi connectivity index (χ1) is 8.19. The lowest BCUT2D eigenvalue weighted by Crippen LogP contribution is -2.49. The van der Waals surface area contributed by atoms with E-state index in [1.165, 1.54) is 0 Å². The van der Waals surface area contributed by atoms with Crippen molar-refractivity contribution >= 4 is 5.95 Å². The Bertz CT molecular complexity index is 383. The van der Waals surface area contributed by atoms with Gasteiger partial charge in [0.05, 0.1) is 6.61 Å². The molecule has 0 aromatic carbocycles. The number of nitrogens with one attached hydrogen (secondary N) is 1. The molecule has 0 amide bonds. The van der Waals surface area contributed by atoms with Gasteiger partial charge in [0.1, 0.15) is 0 Å². The van der Waals surface area contributed by atoms with Crippen LogP contribution < -0.4 is 15.0 Å². The number of aryl methyl sites for hydroxylation is 1. The topological polar surface area (TPSA) is 50.3 Å². The summed E-state index contributed by atoms with van der Waals surface area (Å²) in [4.78, 5) is 11.1. The van der Waals surface area contributed by atoms with Crippen LogP contribution in [0, 0.1) is 6.92 Å². The number of piperazine rings is 1. The van der Waals surface area contributed by atoms with Crippen LogP contribution >= 0.6 is 0 Å². The Balaban J connectivity index is 2.18. The molecular formula is C12H20N4O. The number of ether oxygens (including phenoxy) is 1. The van der Waals surface area contributed by atoms with Gasteiger partial charge in [0.2, 0.25) is 11.8 Å². The summed E-state index contributed by atoms with van der Waals surface area (Å²) in [6, 6.07) is 2.35. The average molecular weight is 236 g/mol. The maximum atomic E-state index is 5.45. The highest BCUT2D eigenvalue weighted by Gasteiger charge is 2.18. The zero-order valence-electron chi connectivity index (χ0n) is 10.7. The molecule has 1 aromatic heterocycles. The first kappa shape index (κ1) is 12.1. The lowest BCUT2D eigenvalue weighted by atomic mass is 10.2. The maximum Gasteiger partial charge on any atom is 0.228 e. The van der Waals surface area contributed by atoms with E-state index in [4.69, 9.17) is 4.74 Å². The second-order valence-electron chi connectivity index (χ2n) is 4.38. The predicted octanol–water partition coefficient (Wildman–Crippen LogP) is 0.982. The van der Waals surface area contributed by atoms with E-state index in [1.807, 2.05) is 19.9 Å². The molecule has 0 saturated carbocycles. The summed E-state index contributed by atoms with van der Waals surface area (Å²) in [7, 11) is 0. The lowest BCUT2D eigenvalue weighted by molar-refractivity contribution is 0.325. The van der Waals surface area contributed by atoms with Gasteiger partial charge in [-0.1, -0.05) is 0 Å². The quantitative estimate of drug-likeness (QED) is 0.848. The van der Waals surface area contributed by atoms with Gasteiger partial charge in [0.15, 0.2) is 0 Å². The fourth-order valence-electron chi connectivity index (χ4n) is 2.00. The van der Waals surface area contributed by atoms with Crippen LogP contribution in [0.4, 0.5) is 5.95 Å². The molecule has 1 N–H and O–H groups in total. The highest BCUT2D eigenvalue weighted by atomic mass is 16.5. The van der Waals surface area contributed by atoms with Crippen LogP contribution in [0.3, 0.4) is 0 Å². The van der Waals surface area contributed by atoms with Crippen LogP contribution in [-0.4, -0.2) is 42.3 Å². The first-order valence-electron chi connectivity index (χ1n) is 6.16. The third kappa shape index (κ3) is 3.06. The molecule has 94 valence electrons. The summed E-state index contributed by atoms with van der Waals surface area (Å²) in [6.07, 6.45) is 0. The molecule has 5 nitrogen and oxygen atoms in total. The minimum Gasteiger partial charge on any atom is -0.478 e. The van der Waals surface area contributed by atoms with Gasteiger partial charge in [-0.05, 0) is 20.8 Å². The van der Waals surface area contributed by atoms with E-state index < -0.39 is 0 Å². The van der Waals surface area contributed by atoms with E-state index in [9.17, 15) is 0 Å². The van der Waals surface area contributed by atoms with Gasteiger partial charge in [-0.3, -0.25) is 0 Å². The van der Waals surface area contributed by atoms with Crippen LogP contribution in [-0.2, 0) is 0 Å². The molecule has 2 heterocycles. The molecule has 5 heteroatoms. The second-order valence-corrected chi connectivity index (χ2v) is 4.38. The number of nitrogens with zero attached hydrogens (tertiary/aromatic N) is 3. The van der Waals surface area contributed by atoms with E-state index in [2.05, 4.69) is 27.1 Å². The second kappa shape index (κ2) is 5.31. The van der Waals surface area contributed by atoms with Crippen LogP contribution in [0.2, 0.25) is 0 Å². The number of hydrogen-bond donors (Lipinski definition) is 1. The van der Waals surface area contributed by atoms with E-state index in [0.29, 0.717) is 18.5 Å². The van der Waals surface area contributed by atoms with Gasteiger partial charge in [-0.2, -0.15) is 4.98 Å². The van der Waals surface area contributed by atoms with Crippen molar-refractivity contribution in [1.29, 1.82) is 0 Å². The Hall–Kier alpha value is -1.36. The van der Waals surface area contributed by atoms with E-state index in [-0.39, 0.29) is 0 Å². The van der Waals surface area contributed by atoms with Crippen molar-refractivity contribution in [1.82, 2.24) is 15.3 Å². The Morgan fingerprint density at radius 1 is 1.53 bits per heavy atom. The van der Waals surface area contributed by atoms with Crippen LogP contribution in [0.25, 0.3) is 0 Å². The fraction of sp³-hybridized carbons (Fsp3) is 0.667. The molecule has 1 atom stereocenters. The maximum absolute atomic E-state index is 5.45. The third-order valence-corrected chi connectivity index (χ3v) is 2.76. The van der Waals surface area contributed by atoms with Crippen molar-refractivity contribution < 1.29 is 4.74 Å². The first-order valence-corrected chi connectivity index (χ1v) is 6.16. The van der Waals surface area contributed by atoms with Crippen LogP contribution in [0.1, 0.15) is 19.5 Å². The molecule has 1 fully saturated rings. The van der Waals surface area contributed by atoms with Crippen molar-refractivity contribution in [2.24, 2.45) is 0 Å². The van der Waals surface area contributed by atoms with E-state index in [1.54, 1.807) is 0 Å². The molecule has 1 aliphatic rings. The zero-order chi connectivity index (χ0) is 12.3. The Kier molecular flexibility index (Phi) is 3.78. The molecule has 17 heavy (non-hydrogen) atoms. The van der Waals surface area contributed by atoms with Gasteiger partial charge in [-0.15, -0.1) is 0 Å². The van der Waals surface area contributed by atoms with Crippen LogP contribution in [0.5, 0.6) is 5.88 Å². The highest BCUT2D eigenvalue weighted by Crippen LogP contribution is 2.16. The number of rotatable bonds is 3. The number of aromatic nitrogens is 2. The van der Waals surface area contributed by atoms with Gasteiger partial charge >= 0.3 is 0 Å². The minimum absolute atomic E-state index is 0.475. The largest absolute Gasteiger partial charge is 0.478 e. The van der Waals surface area contributed by atoms with E-state index >= 15 is 0 Å². The monoisotopic (exact) mass is 236 g/mol. The van der Waals surface area contributed by atoms with Gasteiger partial charge < -0.3 is 15.0 Å². The Labute approximate surface area is 102 Å². The third-order valence-electron chi connectivity index (χ3n) is 2.76. The summed E-state index contributed by atoms with van der Waals surface area (Å²) in [5.74, 6) is 1.45. The molecule has 1 aromatic rings. The SMILES string of the molecule is CCOc1cc(C)nc(N2CCN[C@@H](C)C2)n1. The zero-order valence-corrected chi connectivity index (χ0v) is 10.7. The highest BCUT2D eigenvalue weighted by molar-refractivity contribution is 5.35. The van der Waals surface area contributed by atoms with Crippen molar-refractivity contribution in [2.45, 2.75) is 26.8 Å². The molecule has 1 aliphatic heterocycles. The molecule has 0 spiro atoms. The van der Waals surface area contributed by atoms with Crippen molar-refractivity contribution in [2.75, 3.05) is 31.1 Å². The van der Waals surface area contributed by atoms with Crippen molar-refractivity contribution in [3.63, 3.8) is 0 Å². The average Bonchev–Trinajstić information content (AvgIpc) is 2.28. The fourth-order valence-corrected chi connectivity index (χ4v) is 2.00. The lowest BCUT2D eigenvalue weighted by Gasteiger charge is -2.32. The van der Waals surface area contributed by atoms with Gasteiger partial charge in [0.25, 0.3) is 0 Å². The Morgan fingerprint density at radius 2 is 2.35 bits per heavy atom. The summed E-state index contributed by atoms with van der Waals surface area (Å²) in [6.45, 7) is 9.60. The summed E-state index contributed by atoms with van der Waals surface area (Å²) >= 11 is 0.